The summed E-state index contributed by atoms with van der Waals surface area (Å²) in [4.78, 5) is 14.3. The fraction of sp³-hybridized carbons (Fsp3) is 0.400. The number of amides is 1. The highest BCUT2D eigenvalue weighted by Crippen LogP contribution is 2.28. The van der Waals surface area contributed by atoms with Gasteiger partial charge in [0.25, 0.3) is 0 Å². The van der Waals surface area contributed by atoms with E-state index in [0.717, 1.165) is 30.2 Å². The van der Waals surface area contributed by atoms with E-state index in [9.17, 15) is 4.79 Å². The van der Waals surface area contributed by atoms with E-state index in [4.69, 9.17) is 11.6 Å². The average molecular weight is 305 g/mol. The van der Waals surface area contributed by atoms with Crippen LogP contribution in [0.2, 0.25) is 5.02 Å². The first kappa shape index (κ1) is 14.1. The molecular weight excluding hydrogens is 288 g/mol. The van der Waals surface area contributed by atoms with Crippen molar-refractivity contribution in [2.45, 2.75) is 32.9 Å². The monoisotopic (exact) mass is 304 g/mol. The van der Waals surface area contributed by atoms with Crippen LogP contribution < -0.4 is 0 Å². The Balaban J connectivity index is 2.01. The van der Waals surface area contributed by atoms with E-state index in [0.29, 0.717) is 11.6 Å². The van der Waals surface area contributed by atoms with Crippen molar-refractivity contribution in [3.63, 3.8) is 0 Å². The number of carbonyl (C=O) groups excluding carboxylic acids is 1. The molecule has 1 amide bonds. The molecule has 1 aromatic carbocycles. The molecule has 21 heavy (non-hydrogen) atoms. The zero-order valence-electron chi connectivity index (χ0n) is 12.1. The molecule has 0 N–H and O–H groups in total. The van der Waals surface area contributed by atoms with Crippen molar-refractivity contribution in [3.05, 3.63) is 35.1 Å². The van der Waals surface area contributed by atoms with Crippen LogP contribution in [-0.2, 0) is 11.3 Å². The fourth-order valence-corrected chi connectivity index (χ4v) is 2.84. The smallest absolute Gasteiger partial charge is 0.245 e. The van der Waals surface area contributed by atoms with Crippen molar-refractivity contribution in [1.82, 2.24) is 19.7 Å². The third kappa shape index (κ3) is 2.42. The Hall–Kier alpha value is -1.88. The van der Waals surface area contributed by atoms with E-state index < -0.39 is 0 Å². The van der Waals surface area contributed by atoms with Crippen LogP contribution in [0.3, 0.4) is 0 Å². The highest BCUT2D eigenvalue weighted by molar-refractivity contribution is 6.30. The Kier molecular flexibility index (Phi) is 3.68. The van der Waals surface area contributed by atoms with Crippen LogP contribution in [-0.4, -0.2) is 32.1 Å². The number of rotatable bonds is 3. The van der Waals surface area contributed by atoms with Gasteiger partial charge in [0.05, 0.1) is 6.54 Å². The Morgan fingerprint density at radius 2 is 2.00 bits per heavy atom. The van der Waals surface area contributed by atoms with Gasteiger partial charge in [-0.3, -0.25) is 9.36 Å². The van der Waals surface area contributed by atoms with E-state index in [1.165, 1.54) is 0 Å². The molecule has 0 saturated heterocycles. The molecule has 0 bridgehead atoms. The average Bonchev–Trinajstić information content (AvgIpc) is 2.89. The fourth-order valence-electron chi connectivity index (χ4n) is 2.72. The van der Waals surface area contributed by atoms with E-state index in [2.05, 4.69) is 17.1 Å². The summed E-state index contributed by atoms with van der Waals surface area (Å²) in [5.74, 6) is 1.68. The second-order valence-corrected chi connectivity index (χ2v) is 5.69. The number of hydrogen-bond acceptors (Lipinski definition) is 3. The second-order valence-electron chi connectivity index (χ2n) is 5.25. The Morgan fingerprint density at radius 1 is 1.29 bits per heavy atom. The maximum Gasteiger partial charge on any atom is 0.245 e. The molecule has 0 radical (unpaired) electrons. The molecule has 1 aliphatic heterocycles. The summed E-state index contributed by atoms with van der Waals surface area (Å²) < 4.78 is 1.93. The third-order valence-corrected chi connectivity index (χ3v) is 4.00. The van der Waals surface area contributed by atoms with Crippen molar-refractivity contribution < 1.29 is 4.79 Å². The van der Waals surface area contributed by atoms with Crippen LogP contribution in [0.1, 0.15) is 32.1 Å². The zero-order chi connectivity index (χ0) is 15.0. The lowest BCUT2D eigenvalue weighted by Gasteiger charge is -2.31. The normalized spacial score (nSPS) is 18.0. The Morgan fingerprint density at radius 3 is 2.67 bits per heavy atom. The first-order chi connectivity index (χ1) is 10.1. The minimum Gasteiger partial charge on any atom is -0.333 e. The van der Waals surface area contributed by atoms with E-state index >= 15 is 0 Å². The van der Waals surface area contributed by atoms with Crippen LogP contribution >= 0.6 is 11.6 Å². The summed E-state index contributed by atoms with van der Waals surface area (Å²) in [7, 11) is 0. The van der Waals surface area contributed by atoms with E-state index in [1.807, 2.05) is 40.7 Å². The van der Waals surface area contributed by atoms with Crippen LogP contribution in [0.4, 0.5) is 0 Å². The maximum absolute atomic E-state index is 12.4. The van der Waals surface area contributed by atoms with Gasteiger partial charge in [0, 0.05) is 17.1 Å². The van der Waals surface area contributed by atoms with Gasteiger partial charge in [-0.2, -0.15) is 0 Å². The standard InChI is InChI=1S/C15H17ClN4O/c1-3-8-19-9-13-17-18-14(20(13)10(2)15(19)21)11-4-6-12(16)7-5-11/h4-7,10H,3,8-9H2,1-2H3/t10-/m1/s1. The Bertz CT molecular complexity index is 665. The molecule has 110 valence electrons. The molecule has 0 spiro atoms. The van der Waals surface area contributed by atoms with Crippen molar-refractivity contribution in [3.8, 4) is 11.4 Å². The third-order valence-electron chi connectivity index (χ3n) is 3.75. The first-order valence-electron chi connectivity index (χ1n) is 7.10. The molecule has 0 saturated carbocycles. The van der Waals surface area contributed by atoms with E-state index in [-0.39, 0.29) is 11.9 Å². The summed E-state index contributed by atoms with van der Waals surface area (Å²) in [6, 6.07) is 7.15. The first-order valence-corrected chi connectivity index (χ1v) is 7.48. The quantitative estimate of drug-likeness (QED) is 0.876. The van der Waals surface area contributed by atoms with Gasteiger partial charge in [0.1, 0.15) is 6.04 Å². The lowest BCUT2D eigenvalue weighted by atomic mass is 10.1. The highest BCUT2D eigenvalue weighted by atomic mass is 35.5. The van der Waals surface area contributed by atoms with Crippen LogP contribution in [0.5, 0.6) is 0 Å². The number of nitrogens with zero attached hydrogens (tertiary/aromatic N) is 4. The van der Waals surface area contributed by atoms with Crippen molar-refractivity contribution in [2.75, 3.05) is 6.54 Å². The maximum atomic E-state index is 12.4. The summed E-state index contributed by atoms with van der Waals surface area (Å²) in [5.41, 5.74) is 0.918. The molecule has 1 atom stereocenters. The minimum atomic E-state index is -0.277. The number of aromatic nitrogens is 3. The molecule has 3 rings (SSSR count). The van der Waals surface area contributed by atoms with Gasteiger partial charge in [-0.05, 0) is 37.6 Å². The summed E-state index contributed by atoms with van der Waals surface area (Å²) in [6.07, 6.45) is 0.941. The highest BCUT2D eigenvalue weighted by Gasteiger charge is 2.32. The minimum absolute atomic E-state index is 0.124. The lowest BCUT2D eigenvalue weighted by Crippen LogP contribution is -2.42. The summed E-state index contributed by atoms with van der Waals surface area (Å²) in [5, 5.41) is 9.20. The predicted octanol–water partition coefficient (Wildman–Crippen LogP) is 2.91. The lowest BCUT2D eigenvalue weighted by molar-refractivity contribution is -0.136. The van der Waals surface area contributed by atoms with Gasteiger partial charge < -0.3 is 4.90 Å². The van der Waals surface area contributed by atoms with Gasteiger partial charge >= 0.3 is 0 Å². The second kappa shape index (κ2) is 5.48. The van der Waals surface area contributed by atoms with Gasteiger partial charge in [-0.15, -0.1) is 10.2 Å². The van der Waals surface area contributed by atoms with Gasteiger partial charge in [-0.1, -0.05) is 18.5 Å². The number of benzene rings is 1. The number of halogens is 1. The van der Waals surface area contributed by atoms with Crippen LogP contribution in [0, 0.1) is 0 Å². The largest absolute Gasteiger partial charge is 0.333 e. The molecule has 0 unspecified atom stereocenters. The molecule has 0 fully saturated rings. The summed E-state index contributed by atoms with van der Waals surface area (Å²) >= 11 is 5.92. The van der Waals surface area contributed by atoms with Crippen molar-refractivity contribution in [1.29, 1.82) is 0 Å². The van der Waals surface area contributed by atoms with Gasteiger partial charge in [-0.25, -0.2) is 0 Å². The van der Waals surface area contributed by atoms with Crippen molar-refractivity contribution >= 4 is 17.5 Å². The van der Waals surface area contributed by atoms with Crippen LogP contribution in [0.15, 0.2) is 24.3 Å². The molecule has 2 heterocycles. The zero-order valence-corrected chi connectivity index (χ0v) is 12.8. The number of carbonyl (C=O) groups is 1. The molecule has 2 aromatic rings. The predicted molar refractivity (Wildman–Crippen MR) is 80.9 cm³/mol. The van der Waals surface area contributed by atoms with Crippen LogP contribution in [0.25, 0.3) is 11.4 Å². The van der Waals surface area contributed by atoms with Gasteiger partial charge in [0.15, 0.2) is 11.6 Å². The number of fused-ring (bicyclic) bond motifs is 1. The topological polar surface area (TPSA) is 51.0 Å². The number of hydrogen-bond donors (Lipinski definition) is 0. The molecule has 6 heteroatoms. The molecule has 1 aliphatic rings. The molecular formula is C15H17ClN4O. The van der Waals surface area contributed by atoms with Gasteiger partial charge in [0.2, 0.25) is 5.91 Å². The van der Waals surface area contributed by atoms with Crippen molar-refractivity contribution in [2.24, 2.45) is 0 Å². The SMILES string of the molecule is CCCN1Cc2nnc(-c3ccc(Cl)cc3)n2[C@H](C)C1=O. The molecule has 0 aliphatic carbocycles. The Labute approximate surface area is 128 Å². The summed E-state index contributed by atoms with van der Waals surface area (Å²) in [6.45, 7) is 5.25. The molecule has 5 nitrogen and oxygen atoms in total. The van der Waals surface area contributed by atoms with E-state index in [1.54, 1.807) is 0 Å². The molecule has 1 aromatic heterocycles.